The molecule has 1 heterocycles. The highest BCUT2D eigenvalue weighted by molar-refractivity contribution is 5.95. The van der Waals surface area contributed by atoms with Gasteiger partial charge in [-0.2, -0.15) is 4.98 Å². The van der Waals surface area contributed by atoms with E-state index in [1.807, 2.05) is 30.3 Å². The van der Waals surface area contributed by atoms with Crippen LogP contribution in [0.15, 0.2) is 36.4 Å². The van der Waals surface area contributed by atoms with Crippen LogP contribution in [0.2, 0.25) is 0 Å². The molecule has 0 amide bonds. The van der Waals surface area contributed by atoms with Gasteiger partial charge >= 0.3 is 0 Å². The van der Waals surface area contributed by atoms with Crippen molar-refractivity contribution in [1.29, 1.82) is 0 Å². The molecular formula is C18H16N4O2. The molecule has 120 valence electrons. The SMILES string of the molecule is COc1ccc(C#Cc2cc(OC)c3c(N)nc(N)nc3c2)cc1. The Labute approximate surface area is 139 Å². The molecule has 0 saturated heterocycles. The first kappa shape index (κ1) is 15.4. The Morgan fingerprint density at radius 1 is 0.875 bits per heavy atom. The number of aromatic nitrogens is 2. The van der Waals surface area contributed by atoms with E-state index in [0.29, 0.717) is 16.7 Å². The first-order valence-corrected chi connectivity index (χ1v) is 7.17. The van der Waals surface area contributed by atoms with Crippen LogP contribution in [0.4, 0.5) is 11.8 Å². The van der Waals surface area contributed by atoms with Crippen LogP contribution >= 0.6 is 0 Å². The quantitative estimate of drug-likeness (QED) is 0.703. The molecule has 0 spiro atoms. The number of hydrogen-bond acceptors (Lipinski definition) is 6. The van der Waals surface area contributed by atoms with Crippen molar-refractivity contribution in [2.24, 2.45) is 0 Å². The number of nitrogens with zero attached hydrogens (tertiary/aromatic N) is 2. The van der Waals surface area contributed by atoms with Gasteiger partial charge in [0, 0.05) is 11.1 Å². The molecule has 0 bridgehead atoms. The van der Waals surface area contributed by atoms with Crippen LogP contribution in [0.3, 0.4) is 0 Å². The van der Waals surface area contributed by atoms with Gasteiger partial charge in [0.1, 0.15) is 17.3 Å². The van der Waals surface area contributed by atoms with E-state index in [1.165, 1.54) is 0 Å². The first-order valence-electron chi connectivity index (χ1n) is 7.17. The van der Waals surface area contributed by atoms with E-state index in [9.17, 15) is 0 Å². The zero-order valence-electron chi connectivity index (χ0n) is 13.3. The summed E-state index contributed by atoms with van der Waals surface area (Å²) in [7, 11) is 3.19. The highest BCUT2D eigenvalue weighted by atomic mass is 16.5. The fraction of sp³-hybridized carbons (Fsp3) is 0.111. The predicted molar refractivity (Wildman–Crippen MR) is 93.9 cm³/mol. The van der Waals surface area contributed by atoms with Gasteiger partial charge in [0.05, 0.1) is 25.1 Å². The van der Waals surface area contributed by atoms with Crippen LogP contribution in [0.25, 0.3) is 10.9 Å². The van der Waals surface area contributed by atoms with Gasteiger partial charge in [-0.25, -0.2) is 4.98 Å². The Balaban J connectivity index is 2.05. The molecule has 0 atom stereocenters. The van der Waals surface area contributed by atoms with Crippen molar-refractivity contribution in [3.8, 4) is 23.3 Å². The van der Waals surface area contributed by atoms with Crippen LogP contribution in [-0.2, 0) is 0 Å². The van der Waals surface area contributed by atoms with Gasteiger partial charge < -0.3 is 20.9 Å². The zero-order chi connectivity index (χ0) is 17.1. The van der Waals surface area contributed by atoms with Gasteiger partial charge in [0.25, 0.3) is 0 Å². The molecule has 0 saturated carbocycles. The van der Waals surface area contributed by atoms with Crippen LogP contribution in [-0.4, -0.2) is 24.2 Å². The molecule has 24 heavy (non-hydrogen) atoms. The van der Waals surface area contributed by atoms with Gasteiger partial charge in [0.2, 0.25) is 5.95 Å². The third-order valence-corrected chi connectivity index (χ3v) is 3.47. The van der Waals surface area contributed by atoms with Gasteiger partial charge in [-0.05, 0) is 36.4 Å². The summed E-state index contributed by atoms with van der Waals surface area (Å²) in [5, 5.41) is 0.627. The highest BCUT2D eigenvalue weighted by Crippen LogP contribution is 2.30. The van der Waals surface area contributed by atoms with Crippen LogP contribution in [0, 0.1) is 11.8 Å². The molecule has 0 unspecified atom stereocenters. The van der Waals surface area contributed by atoms with Gasteiger partial charge in [-0.1, -0.05) is 11.8 Å². The Morgan fingerprint density at radius 2 is 1.58 bits per heavy atom. The standard InChI is InChI=1S/C18H16N4O2/c1-23-13-7-5-11(6-8-13)3-4-12-9-14-16(15(10-12)24-2)17(19)22-18(20)21-14/h5-10H,1-2H3,(H4,19,20,21,22). The number of methoxy groups -OCH3 is 2. The van der Waals surface area contributed by atoms with Gasteiger partial charge in [-0.15, -0.1) is 0 Å². The first-order chi connectivity index (χ1) is 11.6. The number of hydrogen-bond donors (Lipinski definition) is 2. The Kier molecular flexibility index (Phi) is 4.08. The molecule has 6 heteroatoms. The number of benzene rings is 2. The molecule has 0 radical (unpaired) electrons. The summed E-state index contributed by atoms with van der Waals surface area (Å²) in [5.41, 5.74) is 13.8. The van der Waals surface area contributed by atoms with E-state index in [-0.39, 0.29) is 11.8 Å². The van der Waals surface area contributed by atoms with Crippen LogP contribution in [0.5, 0.6) is 11.5 Å². The average Bonchev–Trinajstić information content (AvgIpc) is 2.59. The molecule has 2 aromatic carbocycles. The number of nitrogen functional groups attached to an aromatic ring is 2. The second-order valence-electron chi connectivity index (χ2n) is 5.02. The molecular weight excluding hydrogens is 304 g/mol. The summed E-state index contributed by atoms with van der Waals surface area (Å²) in [5.74, 6) is 7.92. The summed E-state index contributed by atoms with van der Waals surface area (Å²) < 4.78 is 10.5. The topological polar surface area (TPSA) is 96.3 Å². The fourth-order valence-corrected chi connectivity index (χ4v) is 2.33. The maximum atomic E-state index is 5.92. The molecule has 3 aromatic rings. The molecule has 0 aliphatic heterocycles. The van der Waals surface area contributed by atoms with E-state index in [1.54, 1.807) is 20.3 Å². The van der Waals surface area contributed by atoms with Crippen molar-refractivity contribution in [3.63, 3.8) is 0 Å². The minimum absolute atomic E-state index is 0.113. The maximum Gasteiger partial charge on any atom is 0.222 e. The second kappa shape index (κ2) is 6.34. The lowest BCUT2D eigenvalue weighted by Crippen LogP contribution is -2.02. The van der Waals surface area contributed by atoms with E-state index < -0.39 is 0 Å². The largest absolute Gasteiger partial charge is 0.497 e. The smallest absolute Gasteiger partial charge is 0.222 e. The zero-order valence-corrected chi connectivity index (χ0v) is 13.3. The number of nitrogens with two attached hydrogens (primary N) is 2. The van der Waals surface area contributed by atoms with Crippen molar-refractivity contribution in [2.45, 2.75) is 0 Å². The minimum atomic E-state index is 0.113. The lowest BCUT2D eigenvalue weighted by atomic mass is 10.1. The average molecular weight is 320 g/mol. The molecule has 0 aliphatic rings. The second-order valence-corrected chi connectivity index (χ2v) is 5.02. The monoisotopic (exact) mass is 320 g/mol. The third-order valence-electron chi connectivity index (χ3n) is 3.47. The van der Waals surface area contributed by atoms with Crippen molar-refractivity contribution in [1.82, 2.24) is 9.97 Å². The van der Waals surface area contributed by atoms with Gasteiger partial charge in [0.15, 0.2) is 0 Å². The molecule has 0 fully saturated rings. The van der Waals surface area contributed by atoms with Crippen molar-refractivity contribution in [3.05, 3.63) is 47.5 Å². The van der Waals surface area contributed by atoms with E-state index in [4.69, 9.17) is 20.9 Å². The molecule has 0 aliphatic carbocycles. The highest BCUT2D eigenvalue weighted by Gasteiger charge is 2.10. The van der Waals surface area contributed by atoms with E-state index in [2.05, 4.69) is 21.8 Å². The van der Waals surface area contributed by atoms with Crippen molar-refractivity contribution < 1.29 is 9.47 Å². The van der Waals surface area contributed by atoms with Crippen molar-refractivity contribution >= 4 is 22.7 Å². The van der Waals surface area contributed by atoms with E-state index >= 15 is 0 Å². The van der Waals surface area contributed by atoms with E-state index in [0.717, 1.165) is 16.9 Å². The molecule has 6 nitrogen and oxygen atoms in total. The number of anilines is 2. The lowest BCUT2D eigenvalue weighted by molar-refractivity contribution is 0.415. The summed E-state index contributed by atoms with van der Waals surface area (Å²) in [6.45, 7) is 0. The lowest BCUT2D eigenvalue weighted by Gasteiger charge is -2.08. The van der Waals surface area contributed by atoms with Crippen molar-refractivity contribution in [2.75, 3.05) is 25.7 Å². The number of rotatable bonds is 2. The maximum absolute atomic E-state index is 5.92. The van der Waals surface area contributed by atoms with Crippen LogP contribution < -0.4 is 20.9 Å². The summed E-state index contributed by atoms with van der Waals surface area (Å²) in [4.78, 5) is 8.17. The molecule has 4 N–H and O–H groups in total. The number of fused-ring (bicyclic) bond motifs is 1. The fourth-order valence-electron chi connectivity index (χ4n) is 2.33. The minimum Gasteiger partial charge on any atom is -0.497 e. The Bertz CT molecular complexity index is 957. The summed E-state index contributed by atoms with van der Waals surface area (Å²) in [6, 6.07) is 11.1. The van der Waals surface area contributed by atoms with Crippen LogP contribution in [0.1, 0.15) is 11.1 Å². The Morgan fingerprint density at radius 3 is 2.25 bits per heavy atom. The Hall–Kier alpha value is -3.46. The summed E-state index contributed by atoms with van der Waals surface area (Å²) >= 11 is 0. The predicted octanol–water partition coefficient (Wildman–Crippen LogP) is 2.21. The normalized spacial score (nSPS) is 10.1. The summed E-state index contributed by atoms with van der Waals surface area (Å²) in [6.07, 6.45) is 0. The third kappa shape index (κ3) is 3.01. The molecule has 3 rings (SSSR count). The molecule has 1 aromatic heterocycles. The number of ether oxygens (including phenoxy) is 2. The van der Waals surface area contributed by atoms with Gasteiger partial charge in [-0.3, -0.25) is 0 Å².